The van der Waals surface area contributed by atoms with Crippen LogP contribution in [0.5, 0.6) is 5.75 Å². The highest BCUT2D eigenvalue weighted by Gasteiger charge is 2.13. The summed E-state index contributed by atoms with van der Waals surface area (Å²) in [6, 6.07) is 4.21. The van der Waals surface area contributed by atoms with Gasteiger partial charge in [-0.2, -0.15) is 0 Å². The number of methoxy groups -OCH3 is 1. The van der Waals surface area contributed by atoms with Crippen molar-refractivity contribution in [1.82, 2.24) is 0 Å². The van der Waals surface area contributed by atoms with Crippen molar-refractivity contribution in [3.8, 4) is 5.75 Å². The van der Waals surface area contributed by atoms with Crippen molar-refractivity contribution < 1.29 is 9.84 Å². The molecule has 84 valence electrons. The van der Waals surface area contributed by atoms with E-state index in [0.717, 1.165) is 16.9 Å². The van der Waals surface area contributed by atoms with Crippen LogP contribution in [0.2, 0.25) is 0 Å². The number of aliphatic hydroxyl groups is 1. The van der Waals surface area contributed by atoms with Crippen molar-refractivity contribution in [2.75, 3.05) is 13.7 Å². The number of hydrogen-bond acceptors (Lipinski definition) is 2. The number of rotatable bonds is 4. The molecule has 2 nitrogen and oxygen atoms in total. The average Bonchev–Trinajstić information content (AvgIpc) is 2.18. The van der Waals surface area contributed by atoms with Gasteiger partial charge in [0, 0.05) is 12.2 Å². The summed E-state index contributed by atoms with van der Waals surface area (Å²) < 4.78 is 5.41. The van der Waals surface area contributed by atoms with Gasteiger partial charge in [0.1, 0.15) is 5.75 Å². The summed E-state index contributed by atoms with van der Waals surface area (Å²) in [5.41, 5.74) is 3.55. The first-order valence-electron chi connectivity index (χ1n) is 5.39. The highest BCUT2D eigenvalue weighted by atomic mass is 16.5. The quantitative estimate of drug-likeness (QED) is 0.824. The first-order valence-corrected chi connectivity index (χ1v) is 5.39. The summed E-state index contributed by atoms with van der Waals surface area (Å²) in [6.07, 6.45) is 0.665. The summed E-state index contributed by atoms with van der Waals surface area (Å²) in [4.78, 5) is 0. The average molecular weight is 208 g/mol. The van der Waals surface area contributed by atoms with Gasteiger partial charge in [0.25, 0.3) is 0 Å². The van der Waals surface area contributed by atoms with Crippen LogP contribution in [0.15, 0.2) is 12.1 Å². The molecule has 0 saturated carbocycles. The van der Waals surface area contributed by atoms with Crippen molar-refractivity contribution >= 4 is 0 Å². The molecule has 0 atom stereocenters. The van der Waals surface area contributed by atoms with E-state index >= 15 is 0 Å². The third-order valence-corrected chi connectivity index (χ3v) is 2.68. The zero-order valence-electron chi connectivity index (χ0n) is 10.0. The maximum Gasteiger partial charge on any atom is 0.125 e. The predicted molar refractivity (Wildman–Crippen MR) is 62.6 cm³/mol. The summed E-state index contributed by atoms with van der Waals surface area (Å²) in [5.74, 6) is 1.39. The van der Waals surface area contributed by atoms with E-state index in [9.17, 15) is 0 Å². The van der Waals surface area contributed by atoms with Gasteiger partial charge in [-0.15, -0.1) is 0 Å². The monoisotopic (exact) mass is 208 g/mol. The fraction of sp³-hybridized carbons (Fsp3) is 0.538. The van der Waals surface area contributed by atoms with Crippen LogP contribution in [0.25, 0.3) is 0 Å². The molecule has 1 aromatic carbocycles. The van der Waals surface area contributed by atoms with Gasteiger partial charge in [-0.3, -0.25) is 0 Å². The van der Waals surface area contributed by atoms with Gasteiger partial charge in [-0.05, 0) is 30.4 Å². The van der Waals surface area contributed by atoms with Crippen molar-refractivity contribution in [2.24, 2.45) is 0 Å². The third-order valence-electron chi connectivity index (χ3n) is 2.68. The molecular weight excluding hydrogens is 188 g/mol. The van der Waals surface area contributed by atoms with E-state index in [-0.39, 0.29) is 6.61 Å². The Bertz CT molecular complexity index is 330. The second-order valence-corrected chi connectivity index (χ2v) is 4.11. The van der Waals surface area contributed by atoms with Crippen LogP contribution < -0.4 is 4.74 Å². The van der Waals surface area contributed by atoms with Crippen LogP contribution in [0.4, 0.5) is 0 Å². The van der Waals surface area contributed by atoms with E-state index < -0.39 is 0 Å². The zero-order chi connectivity index (χ0) is 11.4. The lowest BCUT2D eigenvalue weighted by Gasteiger charge is -2.17. The highest BCUT2D eigenvalue weighted by Crippen LogP contribution is 2.31. The summed E-state index contributed by atoms with van der Waals surface area (Å²) in [6.45, 7) is 6.51. The first-order chi connectivity index (χ1) is 7.11. The molecule has 0 aliphatic carbocycles. The SMILES string of the molecule is COc1c(C)ccc(C(C)C)c1CCO. The maximum absolute atomic E-state index is 9.08. The summed E-state index contributed by atoms with van der Waals surface area (Å²) in [7, 11) is 1.69. The Morgan fingerprint density at radius 2 is 2.00 bits per heavy atom. The molecule has 0 spiro atoms. The molecule has 0 fully saturated rings. The lowest BCUT2D eigenvalue weighted by molar-refractivity contribution is 0.296. The molecule has 0 bridgehead atoms. The maximum atomic E-state index is 9.08. The minimum atomic E-state index is 0.166. The highest BCUT2D eigenvalue weighted by molar-refractivity contribution is 5.47. The van der Waals surface area contributed by atoms with Crippen LogP contribution in [-0.4, -0.2) is 18.8 Å². The van der Waals surface area contributed by atoms with Crippen molar-refractivity contribution in [3.63, 3.8) is 0 Å². The van der Waals surface area contributed by atoms with Gasteiger partial charge in [-0.25, -0.2) is 0 Å². The lowest BCUT2D eigenvalue weighted by atomic mass is 9.93. The van der Waals surface area contributed by atoms with E-state index in [1.807, 2.05) is 6.92 Å². The first kappa shape index (κ1) is 12.1. The van der Waals surface area contributed by atoms with Gasteiger partial charge in [0.2, 0.25) is 0 Å². The molecule has 1 N–H and O–H groups in total. The topological polar surface area (TPSA) is 29.5 Å². The standard InChI is InChI=1S/C13H20O2/c1-9(2)11-6-5-10(3)13(15-4)12(11)7-8-14/h5-6,9,14H,7-8H2,1-4H3. The Morgan fingerprint density at radius 1 is 1.33 bits per heavy atom. The van der Waals surface area contributed by atoms with Crippen molar-refractivity contribution in [3.05, 3.63) is 28.8 Å². The number of aryl methyl sites for hydroxylation is 1. The second kappa shape index (κ2) is 5.17. The molecule has 2 heteroatoms. The Labute approximate surface area is 91.9 Å². The Kier molecular flexibility index (Phi) is 4.15. The van der Waals surface area contributed by atoms with E-state index in [2.05, 4.69) is 26.0 Å². The Hall–Kier alpha value is -1.02. The van der Waals surface area contributed by atoms with Crippen molar-refractivity contribution in [2.45, 2.75) is 33.1 Å². The molecule has 1 rings (SSSR count). The molecule has 0 unspecified atom stereocenters. The molecule has 1 aromatic rings. The van der Waals surface area contributed by atoms with Gasteiger partial charge in [0.15, 0.2) is 0 Å². The van der Waals surface area contributed by atoms with Crippen LogP contribution in [-0.2, 0) is 6.42 Å². The molecule has 0 amide bonds. The van der Waals surface area contributed by atoms with Crippen LogP contribution >= 0.6 is 0 Å². The summed E-state index contributed by atoms with van der Waals surface area (Å²) in [5, 5.41) is 9.08. The number of benzene rings is 1. The molecule has 0 aromatic heterocycles. The van der Waals surface area contributed by atoms with Crippen LogP contribution in [0.3, 0.4) is 0 Å². The predicted octanol–water partition coefficient (Wildman–Crippen LogP) is 2.66. The van der Waals surface area contributed by atoms with Crippen LogP contribution in [0.1, 0.15) is 36.5 Å². The lowest BCUT2D eigenvalue weighted by Crippen LogP contribution is -2.04. The molecule has 0 aliphatic rings. The van der Waals surface area contributed by atoms with Crippen molar-refractivity contribution in [1.29, 1.82) is 0 Å². The number of ether oxygens (including phenoxy) is 1. The molecular formula is C13H20O2. The van der Waals surface area contributed by atoms with E-state index in [1.165, 1.54) is 5.56 Å². The minimum absolute atomic E-state index is 0.166. The van der Waals surface area contributed by atoms with Crippen LogP contribution in [0, 0.1) is 6.92 Å². The van der Waals surface area contributed by atoms with Gasteiger partial charge >= 0.3 is 0 Å². The fourth-order valence-corrected chi connectivity index (χ4v) is 1.95. The minimum Gasteiger partial charge on any atom is -0.496 e. The molecule has 0 heterocycles. The Morgan fingerprint density at radius 3 is 2.47 bits per heavy atom. The zero-order valence-corrected chi connectivity index (χ0v) is 10.0. The third kappa shape index (κ3) is 2.51. The Balaban J connectivity index is 3.28. The fourth-order valence-electron chi connectivity index (χ4n) is 1.95. The van der Waals surface area contributed by atoms with Gasteiger partial charge in [-0.1, -0.05) is 26.0 Å². The van der Waals surface area contributed by atoms with E-state index in [4.69, 9.17) is 9.84 Å². The van der Waals surface area contributed by atoms with Gasteiger partial charge in [0.05, 0.1) is 7.11 Å². The second-order valence-electron chi connectivity index (χ2n) is 4.11. The number of hydrogen-bond donors (Lipinski definition) is 1. The number of aliphatic hydroxyl groups excluding tert-OH is 1. The molecule has 0 saturated heterocycles. The largest absolute Gasteiger partial charge is 0.496 e. The van der Waals surface area contributed by atoms with Gasteiger partial charge < -0.3 is 9.84 Å². The molecule has 0 aliphatic heterocycles. The van der Waals surface area contributed by atoms with E-state index in [0.29, 0.717) is 12.3 Å². The summed E-state index contributed by atoms with van der Waals surface area (Å²) >= 11 is 0. The smallest absolute Gasteiger partial charge is 0.125 e. The van der Waals surface area contributed by atoms with E-state index in [1.54, 1.807) is 7.11 Å². The normalized spacial score (nSPS) is 10.8. The molecule has 15 heavy (non-hydrogen) atoms. The molecule has 0 radical (unpaired) electrons.